The lowest BCUT2D eigenvalue weighted by atomic mass is 9.94. The number of piperidine rings is 1. The smallest absolute Gasteiger partial charge is 0.0218 e. The fourth-order valence-corrected chi connectivity index (χ4v) is 3.43. The Bertz CT molecular complexity index is 226. The lowest BCUT2D eigenvalue weighted by molar-refractivity contribution is 0.0907. The molecular weight excluding hydrogens is 222 g/mol. The van der Waals surface area contributed by atoms with Crippen molar-refractivity contribution in [3.05, 3.63) is 0 Å². The number of likely N-dealkylation sites (N-methyl/N-ethyl adjacent to an activating group) is 1. The van der Waals surface area contributed by atoms with E-state index in [1.807, 2.05) is 0 Å². The van der Waals surface area contributed by atoms with Crippen LogP contribution in [0.25, 0.3) is 0 Å². The molecule has 1 N–H and O–H groups in total. The first-order valence-electron chi connectivity index (χ1n) is 7.93. The lowest BCUT2D eigenvalue weighted by Crippen LogP contribution is -2.51. The van der Waals surface area contributed by atoms with Gasteiger partial charge in [0.25, 0.3) is 0 Å². The van der Waals surface area contributed by atoms with Crippen molar-refractivity contribution in [1.82, 2.24) is 15.1 Å². The third-order valence-electron chi connectivity index (χ3n) is 4.82. The summed E-state index contributed by atoms with van der Waals surface area (Å²) in [4.78, 5) is 5.21. The Balaban J connectivity index is 1.61. The van der Waals surface area contributed by atoms with Crippen LogP contribution in [-0.4, -0.2) is 62.2 Å². The zero-order chi connectivity index (χ0) is 12.8. The molecule has 3 heteroatoms. The monoisotopic (exact) mass is 253 g/mol. The molecule has 0 radical (unpaired) electrons. The Labute approximate surface area is 113 Å². The highest BCUT2D eigenvalue weighted by Crippen LogP contribution is 2.17. The van der Waals surface area contributed by atoms with Gasteiger partial charge in [0.1, 0.15) is 0 Å². The van der Waals surface area contributed by atoms with Crippen LogP contribution in [0.3, 0.4) is 0 Å². The molecule has 0 spiro atoms. The van der Waals surface area contributed by atoms with Gasteiger partial charge in [0.15, 0.2) is 0 Å². The van der Waals surface area contributed by atoms with E-state index in [1.165, 1.54) is 71.4 Å². The van der Waals surface area contributed by atoms with Crippen LogP contribution in [0.2, 0.25) is 0 Å². The second-order valence-electron chi connectivity index (χ2n) is 6.20. The zero-order valence-corrected chi connectivity index (χ0v) is 12.3. The molecule has 2 aliphatic rings. The van der Waals surface area contributed by atoms with Crippen molar-refractivity contribution in [2.75, 3.05) is 46.3 Å². The quantitative estimate of drug-likeness (QED) is 0.806. The molecule has 3 nitrogen and oxygen atoms in total. The van der Waals surface area contributed by atoms with Crippen molar-refractivity contribution >= 4 is 0 Å². The lowest BCUT2D eigenvalue weighted by Gasteiger charge is -2.39. The molecule has 0 amide bonds. The first-order chi connectivity index (χ1) is 8.79. The van der Waals surface area contributed by atoms with Crippen molar-refractivity contribution in [3.63, 3.8) is 0 Å². The molecule has 0 aromatic carbocycles. The normalized spacial score (nSPS) is 31.7. The molecule has 0 bridgehead atoms. The average molecular weight is 253 g/mol. The Kier molecular flexibility index (Phi) is 5.93. The van der Waals surface area contributed by atoms with Gasteiger partial charge < -0.3 is 15.1 Å². The van der Waals surface area contributed by atoms with Crippen molar-refractivity contribution < 1.29 is 0 Å². The van der Waals surface area contributed by atoms with Crippen molar-refractivity contribution in [3.8, 4) is 0 Å². The first-order valence-corrected chi connectivity index (χ1v) is 7.93. The second-order valence-corrected chi connectivity index (χ2v) is 6.20. The maximum Gasteiger partial charge on any atom is 0.0218 e. The molecule has 18 heavy (non-hydrogen) atoms. The van der Waals surface area contributed by atoms with Crippen LogP contribution in [0.5, 0.6) is 0 Å². The minimum absolute atomic E-state index is 0.787. The predicted octanol–water partition coefficient (Wildman–Crippen LogP) is 1.79. The first kappa shape index (κ1) is 14.3. The number of hydrogen-bond donors (Lipinski definition) is 1. The van der Waals surface area contributed by atoms with Crippen LogP contribution in [0.1, 0.15) is 39.0 Å². The number of hydrogen-bond acceptors (Lipinski definition) is 3. The van der Waals surface area contributed by atoms with Crippen LogP contribution >= 0.6 is 0 Å². The van der Waals surface area contributed by atoms with Crippen LogP contribution in [0.15, 0.2) is 0 Å². The minimum atomic E-state index is 0.787. The largest absolute Gasteiger partial charge is 0.316 e. The van der Waals surface area contributed by atoms with E-state index in [0.717, 1.165) is 12.0 Å². The molecule has 2 atom stereocenters. The predicted molar refractivity (Wildman–Crippen MR) is 78.0 cm³/mol. The van der Waals surface area contributed by atoms with Gasteiger partial charge in [-0.05, 0) is 64.7 Å². The van der Waals surface area contributed by atoms with E-state index in [2.05, 4.69) is 29.1 Å². The van der Waals surface area contributed by atoms with Gasteiger partial charge in [0.05, 0.1) is 0 Å². The van der Waals surface area contributed by atoms with Gasteiger partial charge in [-0.3, -0.25) is 0 Å². The third-order valence-corrected chi connectivity index (χ3v) is 4.82. The molecule has 0 aromatic heterocycles. The molecule has 2 fully saturated rings. The minimum Gasteiger partial charge on any atom is -0.316 e. The van der Waals surface area contributed by atoms with Gasteiger partial charge in [0, 0.05) is 25.7 Å². The molecule has 2 rings (SSSR count). The maximum atomic E-state index is 3.52. The maximum absolute atomic E-state index is 3.52. The summed E-state index contributed by atoms with van der Waals surface area (Å²) in [6.45, 7) is 9.96. The highest BCUT2D eigenvalue weighted by molar-refractivity contribution is 4.79. The van der Waals surface area contributed by atoms with Gasteiger partial charge in [-0.2, -0.15) is 0 Å². The highest BCUT2D eigenvalue weighted by Gasteiger charge is 2.22. The van der Waals surface area contributed by atoms with Gasteiger partial charge in [-0.15, -0.1) is 0 Å². The van der Waals surface area contributed by atoms with Gasteiger partial charge in [0.2, 0.25) is 0 Å². The SMILES string of the molecule is CCC1CN(CCCC2CCCNC2)CCN1C. The van der Waals surface area contributed by atoms with Crippen LogP contribution < -0.4 is 5.32 Å². The van der Waals surface area contributed by atoms with Crippen LogP contribution in [-0.2, 0) is 0 Å². The van der Waals surface area contributed by atoms with Crippen molar-refractivity contribution in [2.24, 2.45) is 5.92 Å². The third kappa shape index (κ3) is 4.22. The van der Waals surface area contributed by atoms with E-state index in [0.29, 0.717) is 0 Å². The molecule has 2 saturated heterocycles. The Morgan fingerprint density at radius 1 is 1.28 bits per heavy atom. The zero-order valence-electron chi connectivity index (χ0n) is 12.3. The summed E-state index contributed by atoms with van der Waals surface area (Å²) in [6, 6.07) is 0.787. The summed E-state index contributed by atoms with van der Waals surface area (Å²) in [5, 5.41) is 3.52. The summed E-state index contributed by atoms with van der Waals surface area (Å²) < 4.78 is 0. The standard InChI is InChI=1S/C15H31N3/c1-3-15-13-18(11-10-17(15)2)9-5-7-14-6-4-8-16-12-14/h14-16H,3-13H2,1-2H3. The van der Waals surface area contributed by atoms with E-state index < -0.39 is 0 Å². The molecule has 106 valence electrons. The Morgan fingerprint density at radius 3 is 2.89 bits per heavy atom. The average Bonchev–Trinajstić information content (AvgIpc) is 2.42. The van der Waals surface area contributed by atoms with Crippen LogP contribution in [0, 0.1) is 5.92 Å². The number of rotatable bonds is 5. The number of nitrogens with zero attached hydrogens (tertiary/aromatic N) is 2. The fourth-order valence-electron chi connectivity index (χ4n) is 3.43. The fraction of sp³-hybridized carbons (Fsp3) is 1.00. The molecule has 0 aromatic rings. The molecular formula is C15H31N3. The Hall–Kier alpha value is -0.120. The topological polar surface area (TPSA) is 18.5 Å². The van der Waals surface area contributed by atoms with E-state index in [9.17, 15) is 0 Å². The van der Waals surface area contributed by atoms with Crippen molar-refractivity contribution in [2.45, 2.75) is 45.1 Å². The van der Waals surface area contributed by atoms with E-state index in [1.54, 1.807) is 0 Å². The van der Waals surface area contributed by atoms with Crippen LogP contribution in [0.4, 0.5) is 0 Å². The van der Waals surface area contributed by atoms with Crippen molar-refractivity contribution in [1.29, 1.82) is 0 Å². The van der Waals surface area contributed by atoms with Gasteiger partial charge in [-0.1, -0.05) is 6.92 Å². The number of nitrogens with one attached hydrogen (secondary N) is 1. The van der Waals surface area contributed by atoms with E-state index in [4.69, 9.17) is 0 Å². The summed E-state index contributed by atoms with van der Waals surface area (Å²) in [5.74, 6) is 0.952. The molecule has 0 saturated carbocycles. The summed E-state index contributed by atoms with van der Waals surface area (Å²) in [7, 11) is 2.28. The number of piperazine rings is 1. The van der Waals surface area contributed by atoms with Gasteiger partial charge in [-0.25, -0.2) is 0 Å². The van der Waals surface area contributed by atoms with Gasteiger partial charge >= 0.3 is 0 Å². The summed E-state index contributed by atoms with van der Waals surface area (Å²) >= 11 is 0. The molecule has 2 heterocycles. The van der Waals surface area contributed by atoms with E-state index >= 15 is 0 Å². The molecule has 2 unspecified atom stereocenters. The van der Waals surface area contributed by atoms with E-state index in [-0.39, 0.29) is 0 Å². The summed E-state index contributed by atoms with van der Waals surface area (Å²) in [6.07, 6.45) is 6.95. The molecule has 2 aliphatic heterocycles. The highest BCUT2D eigenvalue weighted by atomic mass is 15.3. The summed E-state index contributed by atoms with van der Waals surface area (Å²) in [5.41, 5.74) is 0. The molecule has 0 aliphatic carbocycles. The Morgan fingerprint density at radius 2 is 2.17 bits per heavy atom. The second kappa shape index (κ2) is 7.46.